The smallest absolute Gasteiger partial charge is 0.303 e. The van der Waals surface area contributed by atoms with Gasteiger partial charge in [0.15, 0.2) is 0 Å². The molecule has 0 aromatic rings. The summed E-state index contributed by atoms with van der Waals surface area (Å²) in [5.41, 5.74) is 5.35. The fourth-order valence-corrected chi connectivity index (χ4v) is 1.26. The Labute approximate surface area is 80.3 Å². The molecule has 0 saturated carbocycles. The summed E-state index contributed by atoms with van der Waals surface area (Å²) in [6.07, 6.45) is 2.12. The zero-order valence-electron chi connectivity index (χ0n) is 8.84. The lowest BCUT2D eigenvalue weighted by molar-refractivity contribution is -0.139. The average Bonchev–Trinajstić information content (AvgIpc) is 2.00. The van der Waals surface area contributed by atoms with Gasteiger partial charge in [-0.05, 0) is 24.3 Å². The maximum atomic E-state index is 10.6. The molecule has 1 unspecified atom stereocenters. The molecule has 13 heavy (non-hydrogen) atoms. The minimum absolute atomic E-state index is 0.177. The van der Waals surface area contributed by atoms with Crippen molar-refractivity contribution in [1.29, 1.82) is 0 Å². The van der Waals surface area contributed by atoms with Crippen LogP contribution in [0.4, 0.5) is 0 Å². The van der Waals surface area contributed by atoms with E-state index in [4.69, 9.17) is 10.8 Å². The van der Waals surface area contributed by atoms with Crippen LogP contribution in [0.2, 0.25) is 0 Å². The lowest BCUT2D eigenvalue weighted by Crippen LogP contribution is -2.30. The summed E-state index contributed by atoms with van der Waals surface area (Å²) in [6.45, 7) is 6.67. The first-order valence-electron chi connectivity index (χ1n) is 4.81. The van der Waals surface area contributed by atoms with E-state index in [1.807, 2.05) is 6.92 Å². The van der Waals surface area contributed by atoms with Crippen LogP contribution in [0, 0.1) is 11.3 Å². The van der Waals surface area contributed by atoms with E-state index < -0.39 is 5.97 Å². The molecule has 0 aliphatic rings. The summed E-state index contributed by atoms with van der Waals surface area (Å²) in [4.78, 5) is 10.6. The predicted molar refractivity (Wildman–Crippen MR) is 53.5 cm³/mol. The zero-order valence-corrected chi connectivity index (χ0v) is 8.84. The standard InChI is InChI=1S/C10H21NO2/c1-8(2)4-5-10(3,7-11)6-9(12)13/h8H,4-7,11H2,1-3H3,(H,12,13). The fourth-order valence-electron chi connectivity index (χ4n) is 1.26. The Hall–Kier alpha value is -0.570. The second-order valence-electron chi connectivity index (χ2n) is 4.52. The number of rotatable bonds is 6. The average molecular weight is 187 g/mol. The maximum absolute atomic E-state index is 10.6. The molecule has 0 aromatic heterocycles. The first-order valence-corrected chi connectivity index (χ1v) is 4.81. The highest BCUT2D eigenvalue weighted by atomic mass is 16.4. The molecule has 1 atom stereocenters. The van der Waals surface area contributed by atoms with Crippen molar-refractivity contribution < 1.29 is 9.90 Å². The van der Waals surface area contributed by atoms with Crippen molar-refractivity contribution in [3.8, 4) is 0 Å². The molecule has 0 radical (unpaired) electrons. The lowest BCUT2D eigenvalue weighted by atomic mass is 9.80. The molecular formula is C10H21NO2. The van der Waals surface area contributed by atoms with Crippen molar-refractivity contribution in [2.75, 3.05) is 6.54 Å². The van der Waals surface area contributed by atoms with Gasteiger partial charge < -0.3 is 10.8 Å². The van der Waals surface area contributed by atoms with Gasteiger partial charge in [-0.15, -0.1) is 0 Å². The third-order valence-electron chi connectivity index (χ3n) is 2.40. The SMILES string of the molecule is CC(C)CCC(C)(CN)CC(=O)O. The maximum Gasteiger partial charge on any atom is 0.303 e. The number of nitrogens with two attached hydrogens (primary N) is 1. The minimum Gasteiger partial charge on any atom is -0.481 e. The van der Waals surface area contributed by atoms with Gasteiger partial charge in [-0.1, -0.05) is 27.2 Å². The van der Waals surface area contributed by atoms with Crippen LogP contribution in [0.3, 0.4) is 0 Å². The monoisotopic (exact) mass is 187 g/mol. The van der Waals surface area contributed by atoms with Gasteiger partial charge in [0.2, 0.25) is 0 Å². The number of aliphatic carboxylic acids is 1. The Morgan fingerprint density at radius 3 is 2.38 bits per heavy atom. The molecule has 0 saturated heterocycles. The summed E-state index contributed by atoms with van der Waals surface area (Å²) < 4.78 is 0. The summed E-state index contributed by atoms with van der Waals surface area (Å²) >= 11 is 0. The molecule has 0 aliphatic heterocycles. The van der Waals surface area contributed by atoms with E-state index in [0.717, 1.165) is 12.8 Å². The third kappa shape index (κ3) is 5.64. The number of hydrogen-bond acceptors (Lipinski definition) is 2. The second kappa shape index (κ2) is 5.22. The van der Waals surface area contributed by atoms with Gasteiger partial charge in [0, 0.05) is 0 Å². The normalized spacial score (nSPS) is 15.8. The highest BCUT2D eigenvalue weighted by Crippen LogP contribution is 2.27. The van der Waals surface area contributed by atoms with Crippen molar-refractivity contribution in [3.05, 3.63) is 0 Å². The van der Waals surface area contributed by atoms with E-state index >= 15 is 0 Å². The van der Waals surface area contributed by atoms with Crippen LogP contribution in [0.25, 0.3) is 0 Å². The number of carboxylic acids is 1. The van der Waals surface area contributed by atoms with Crippen molar-refractivity contribution in [3.63, 3.8) is 0 Å². The summed E-state index contributed by atoms with van der Waals surface area (Å²) in [7, 11) is 0. The molecule has 0 spiro atoms. The lowest BCUT2D eigenvalue weighted by Gasteiger charge is -2.26. The van der Waals surface area contributed by atoms with E-state index in [0.29, 0.717) is 12.5 Å². The molecule has 0 aromatic carbocycles. The van der Waals surface area contributed by atoms with E-state index in [1.165, 1.54) is 0 Å². The Kier molecular flexibility index (Phi) is 4.99. The molecule has 0 fully saturated rings. The van der Waals surface area contributed by atoms with Crippen molar-refractivity contribution in [2.24, 2.45) is 17.1 Å². The van der Waals surface area contributed by atoms with Gasteiger partial charge in [-0.2, -0.15) is 0 Å². The number of carbonyl (C=O) groups is 1. The van der Waals surface area contributed by atoms with Crippen molar-refractivity contribution in [2.45, 2.75) is 40.0 Å². The summed E-state index contributed by atoms with van der Waals surface area (Å²) in [5, 5.41) is 8.69. The Morgan fingerprint density at radius 2 is 2.08 bits per heavy atom. The third-order valence-corrected chi connectivity index (χ3v) is 2.40. The van der Waals surface area contributed by atoms with E-state index in [2.05, 4.69) is 13.8 Å². The van der Waals surface area contributed by atoms with Crippen LogP contribution in [-0.4, -0.2) is 17.6 Å². The van der Waals surface area contributed by atoms with Crippen molar-refractivity contribution >= 4 is 5.97 Å². The van der Waals surface area contributed by atoms with Crippen molar-refractivity contribution in [1.82, 2.24) is 0 Å². The fraction of sp³-hybridized carbons (Fsp3) is 0.900. The van der Waals surface area contributed by atoms with E-state index in [9.17, 15) is 4.79 Å². The Balaban J connectivity index is 4.03. The predicted octanol–water partition coefficient (Wildman–Crippen LogP) is 1.86. The quantitative estimate of drug-likeness (QED) is 0.667. The second-order valence-corrected chi connectivity index (χ2v) is 4.52. The molecule has 3 heteroatoms. The Morgan fingerprint density at radius 1 is 1.54 bits per heavy atom. The molecule has 0 rings (SSSR count). The number of hydrogen-bond donors (Lipinski definition) is 2. The molecule has 0 aliphatic carbocycles. The van der Waals surface area contributed by atoms with Crippen LogP contribution in [0.1, 0.15) is 40.0 Å². The number of carboxylic acid groups (broad SMARTS) is 1. The van der Waals surface area contributed by atoms with Crippen LogP contribution in [0.5, 0.6) is 0 Å². The van der Waals surface area contributed by atoms with E-state index in [1.54, 1.807) is 0 Å². The van der Waals surface area contributed by atoms with Crippen LogP contribution >= 0.6 is 0 Å². The Bertz CT molecular complexity index is 168. The highest BCUT2D eigenvalue weighted by Gasteiger charge is 2.25. The topological polar surface area (TPSA) is 63.3 Å². The largest absolute Gasteiger partial charge is 0.481 e. The molecule has 78 valence electrons. The highest BCUT2D eigenvalue weighted by molar-refractivity contribution is 5.67. The van der Waals surface area contributed by atoms with Gasteiger partial charge in [-0.25, -0.2) is 0 Å². The van der Waals surface area contributed by atoms with E-state index in [-0.39, 0.29) is 11.8 Å². The van der Waals surface area contributed by atoms with Gasteiger partial charge in [0.25, 0.3) is 0 Å². The van der Waals surface area contributed by atoms with Gasteiger partial charge in [-0.3, -0.25) is 4.79 Å². The summed E-state index contributed by atoms with van der Waals surface area (Å²) in [6, 6.07) is 0. The molecule has 0 bridgehead atoms. The summed E-state index contributed by atoms with van der Waals surface area (Å²) in [5.74, 6) is -0.142. The molecular weight excluding hydrogens is 166 g/mol. The van der Waals surface area contributed by atoms with Crippen LogP contribution in [-0.2, 0) is 4.79 Å². The van der Waals surface area contributed by atoms with Gasteiger partial charge in [0.1, 0.15) is 0 Å². The molecule has 0 amide bonds. The first-order chi connectivity index (χ1) is 5.89. The van der Waals surface area contributed by atoms with Crippen LogP contribution in [0.15, 0.2) is 0 Å². The van der Waals surface area contributed by atoms with Crippen LogP contribution < -0.4 is 5.73 Å². The minimum atomic E-state index is -0.753. The van der Waals surface area contributed by atoms with Gasteiger partial charge in [0.05, 0.1) is 6.42 Å². The molecule has 3 N–H and O–H groups in total. The molecule has 0 heterocycles. The first kappa shape index (κ1) is 12.4. The molecule has 3 nitrogen and oxygen atoms in total. The van der Waals surface area contributed by atoms with Gasteiger partial charge >= 0.3 is 5.97 Å². The zero-order chi connectivity index (χ0) is 10.5.